The van der Waals surface area contributed by atoms with E-state index >= 15 is 0 Å². The monoisotopic (exact) mass is 250 g/mol. The maximum absolute atomic E-state index is 11.5. The van der Waals surface area contributed by atoms with Crippen molar-refractivity contribution in [2.75, 3.05) is 5.32 Å². The van der Waals surface area contributed by atoms with Gasteiger partial charge in [-0.15, -0.1) is 0 Å². The molecule has 0 fully saturated rings. The Balaban J connectivity index is 2.37. The zero-order valence-electron chi connectivity index (χ0n) is 8.64. The number of nitrogens with zero attached hydrogens (tertiary/aromatic N) is 2. The summed E-state index contributed by atoms with van der Waals surface area (Å²) < 4.78 is 0. The Morgan fingerprint density at radius 1 is 1.06 bits per heavy atom. The Labute approximate surface area is 97.1 Å². The van der Waals surface area contributed by atoms with Gasteiger partial charge in [-0.05, 0) is 0 Å². The highest BCUT2D eigenvalue weighted by atomic mass is 16.3. The summed E-state index contributed by atoms with van der Waals surface area (Å²) in [5, 5.41) is 13.8. The Bertz CT molecular complexity index is 777. The third-order valence-electron chi connectivity index (χ3n) is 2.33. The summed E-state index contributed by atoms with van der Waals surface area (Å²) in [7, 11) is 0. The van der Waals surface area contributed by atoms with Crippen LogP contribution in [0.4, 0.5) is 5.82 Å². The minimum absolute atomic E-state index is 0.0312. The first-order valence-corrected chi connectivity index (χ1v) is 4.84. The van der Waals surface area contributed by atoms with Gasteiger partial charge in [0.15, 0.2) is 22.7 Å². The summed E-state index contributed by atoms with van der Waals surface area (Å²) in [6.45, 7) is 0. The van der Waals surface area contributed by atoms with Crippen molar-refractivity contribution in [3.05, 3.63) is 26.5 Å². The van der Waals surface area contributed by atoms with E-state index in [4.69, 9.17) is 0 Å². The molecule has 10 nitrogen and oxygen atoms in total. The van der Waals surface area contributed by atoms with Gasteiger partial charge in [0.05, 0.1) is 0 Å². The molecule has 1 atom stereocenters. The number of H-pyrrole nitrogens is 2. The molecule has 1 aliphatic rings. The summed E-state index contributed by atoms with van der Waals surface area (Å²) in [5.41, 5.74) is -1.83. The largest absolute Gasteiger partial charge is 0.356 e. The fraction of sp³-hybridized carbons (Fsp3) is 0.125. The van der Waals surface area contributed by atoms with Gasteiger partial charge < -0.3 is 15.7 Å². The van der Waals surface area contributed by atoms with Gasteiger partial charge in [0, 0.05) is 0 Å². The third-order valence-corrected chi connectivity index (χ3v) is 2.33. The molecule has 3 heterocycles. The number of hydrogen-bond donors (Lipinski definition) is 5. The first-order valence-electron chi connectivity index (χ1n) is 4.84. The first kappa shape index (κ1) is 10.4. The molecule has 3 rings (SSSR count). The molecule has 10 heteroatoms. The number of aliphatic hydroxyl groups excluding tert-OH is 1. The molecule has 0 bridgehead atoms. The van der Waals surface area contributed by atoms with E-state index < -0.39 is 23.5 Å². The van der Waals surface area contributed by atoms with Crippen molar-refractivity contribution in [2.45, 2.75) is 6.35 Å². The van der Waals surface area contributed by atoms with Crippen LogP contribution < -0.4 is 21.9 Å². The number of rotatable bonds is 0. The van der Waals surface area contributed by atoms with Gasteiger partial charge in [0.2, 0.25) is 6.35 Å². The van der Waals surface area contributed by atoms with Crippen molar-refractivity contribution in [2.24, 2.45) is 0 Å². The number of fused-ring (bicyclic) bond motifs is 2. The zero-order chi connectivity index (χ0) is 12.9. The van der Waals surface area contributed by atoms with Gasteiger partial charge in [-0.25, -0.2) is 14.8 Å². The number of aromatic amines is 2. The number of carbonyl (C=O) groups excluding carboxylic acids is 1. The van der Waals surface area contributed by atoms with Gasteiger partial charge in [-0.1, -0.05) is 0 Å². The van der Waals surface area contributed by atoms with Crippen molar-refractivity contribution < 1.29 is 9.90 Å². The highest BCUT2D eigenvalue weighted by Gasteiger charge is 2.26. The number of amides is 1. The average Bonchev–Trinajstić information content (AvgIpc) is 2.27. The molecule has 18 heavy (non-hydrogen) atoms. The van der Waals surface area contributed by atoms with Crippen LogP contribution in [0.25, 0.3) is 11.2 Å². The molecular weight excluding hydrogens is 244 g/mol. The first-order chi connectivity index (χ1) is 8.54. The molecule has 0 radical (unpaired) electrons. The van der Waals surface area contributed by atoms with Crippen LogP contribution in [0.2, 0.25) is 0 Å². The van der Waals surface area contributed by atoms with E-state index in [2.05, 4.69) is 25.6 Å². The Kier molecular flexibility index (Phi) is 1.95. The van der Waals surface area contributed by atoms with Crippen molar-refractivity contribution in [1.82, 2.24) is 25.3 Å². The second-order valence-corrected chi connectivity index (χ2v) is 3.55. The van der Waals surface area contributed by atoms with E-state index in [1.807, 2.05) is 4.98 Å². The van der Waals surface area contributed by atoms with Crippen LogP contribution >= 0.6 is 0 Å². The van der Waals surface area contributed by atoms with E-state index in [1.54, 1.807) is 0 Å². The molecule has 0 spiro atoms. The van der Waals surface area contributed by atoms with Crippen molar-refractivity contribution in [3.8, 4) is 0 Å². The van der Waals surface area contributed by atoms with Gasteiger partial charge in [-0.3, -0.25) is 19.6 Å². The van der Waals surface area contributed by atoms with Crippen molar-refractivity contribution in [3.63, 3.8) is 0 Å². The predicted molar refractivity (Wildman–Crippen MR) is 57.9 cm³/mol. The molecule has 1 amide bonds. The van der Waals surface area contributed by atoms with Gasteiger partial charge >= 0.3 is 5.69 Å². The Hall–Kier alpha value is -2.75. The summed E-state index contributed by atoms with van der Waals surface area (Å²) in [4.78, 5) is 46.0. The minimum Gasteiger partial charge on any atom is -0.356 e. The molecule has 0 saturated carbocycles. The van der Waals surface area contributed by atoms with Crippen molar-refractivity contribution in [1.29, 1.82) is 0 Å². The molecule has 0 aliphatic carbocycles. The number of nitrogens with one attached hydrogen (secondary N) is 4. The molecule has 5 N–H and O–H groups in total. The van der Waals surface area contributed by atoms with Crippen molar-refractivity contribution >= 4 is 22.9 Å². The average molecular weight is 250 g/mol. The molecule has 92 valence electrons. The Morgan fingerprint density at radius 3 is 2.61 bits per heavy atom. The molecule has 2 aromatic rings. The number of hydrogen-bond acceptors (Lipinski definition) is 7. The maximum atomic E-state index is 11.5. The normalized spacial score (nSPS) is 18.1. The topological polar surface area (TPSA) is 153 Å². The summed E-state index contributed by atoms with van der Waals surface area (Å²) in [6, 6.07) is 0. The molecule has 1 aliphatic heterocycles. The lowest BCUT2D eigenvalue weighted by Gasteiger charge is -2.21. The smallest absolute Gasteiger partial charge is 0.327 e. The zero-order valence-corrected chi connectivity index (χ0v) is 8.64. The van der Waals surface area contributed by atoms with E-state index in [0.717, 1.165) is 0 Å². The highest BCUT2D eigenvalue weighted by molar-refractivity contribution is 6.00. The van der Waals surface area contributed by atoms with Crippen LogP contribution in [0, 0.1) is 0 Å². The summed E-state index contributed by atoms with van der Waals surface area (Å²) in [5.74, 6) is -0.692. The lowest BCUT2D eigenvalue weighted by Crippen LogP contribution is -2.46. The molecule has 1 unspecified atom stereocenters. The van der Waals surface area contributed by atoms with Gasteiger partial charge in [0.25, 0.3) is 11.5 Å². The quantitative estimate of drug-likeness (QED) is 0.344. The van der Waals surface area contributed by atoms with Gasteiger partial charge in [0.1, 0.15) is 0 Å². The predicted octanol–water partition coefficient (Wildman–Crippen LogP) is -2.56. The molecule has 2 aromatic heterocycles. The van der Waals surface area contributed by atoms with E-state index in [0.29, 0.717) is 0 Å². The van der Waals surface area contributed by atoms with Crippen LogP contribution in [0.3, 0.4) is 0 Å². The SMILES string of the molecule is O=C1NC(O)Nc2nc3c(=O)[nH]c(=O)[nH]c3nc21. The standard InChI is InChI=1S/C8H6N6O4/c15-5-1-3(11-7(17)13-5)10-2-4(9-1)12-8(18)14-6(2)16/h7,17H,(H,10,11)(H,13,15)(H2,9,12,14,16,18). The number of carbonyl (C=O) groups is 1. The summed E-state index contributed by atoms with van der Waals surface area (Å²) >= 11 is 0. The lowest BCUT2D eigenvalue weighted by molar-refractivity contribution is 0.0806. The molecule has 0 aromatic carbocycles. The Morgan fingerprint density at radius 2 is 1.83 bits per heavy atom. The second kappa shape index (κ2) is 3.37. The van der Waals surface area contributed by atoms with E-state index in [1.165, 1.54) is 0 Å². The second-order valence-electron chi connectivity index (χ2n) is 3.55. The van der Waals surface area contributed by atoms with Crippen LogP contribution in [0.5, 0.6) is 0 Å². The lowest BCUT2D eigenvalue weighted by atomic mass is 10.3. The minimum atomic E-state index is -1.31. The molecule has 0 saturated heterocycles. The van der Waals surface area contributed by atoms with Crippen LogP contribution in [-0.2, 0) is 0 Å². The van der Waals surface area contributed by atoms with Gasteiger partial charge in [-0.2, -0.15) is 0 Å². The van der Waals surface area contributed by atoms with Crippen LogP contribution in [0.15, 0.2) is 9.59 Å². The fourth-order valence-electron chi connectivity index (χ4n) is 1.60. The molecular formula is C8H6N6O4. The number of anilines is 1. The van der Waals surface area contributed by atoms with E-state index in [-0.39, 0.29) is 22.7 Å². The third kappa shape index (κ3) is 1.43. The maximum Gasteiger partial charge on any atom is 0.327 e. The van der Waals surface area contributed by atoms with Crippen LogP contribution in [0.1, 0.15) is 10.5 Å². The summed E-state index contributed by atoms with van der Waals surface area (Å²) in [6.07, 6.45) is -1.31. The number of aliphatic hydroxyl groups is 1. The van der Waals surface area contributed by atoms with E-state index in [9.17, 15) is 19.5 Å². The number of aromatic nitrogens is 4. The highest BCUT2D eigenvalue weighted by Crippen LogP contribution is 2.16. The van der Waals surface area contributed by atoms with Crippen LogP contribution in [-0.4, -0.2) is 37.3 Å². The fourth-order valence-corrected chi connectivity index (χ4v) is 1.60.